The number of ether oxygens (including phenoxy) is 3. The van der Waals surface area contributed by atoms with Crippen LogP contribution < -0.4 is 19.5 Å². The summed E-state index contributed by atoms with van der Waals surface area (Å²) in [4.78, 5) is 12.8. The highest BCUT2D eigenvalue weighted by atomic mass is 35.5. The number of hydrogen-bond donors (Lipinski definition) is 1. The van der Waals surface area contributed by atoms with Gasteiger partial charge in [-0.25, -0.2) is 8.42 Å². The van der Waals surface area contributed by atoms with Crippen molar-refractivity contribution in [2.24, 2.45) is 5.92 Å². The first-order valence-corrected chi connectivity index (χ1v) is 11.9. The molecule has 3 rings (SSSR count). The molecule has 0 saturated carbocycles. The van der Waals surface area contributed by atoms with Gasteiger partial charge in [-0.15, -0.1) is 0 Å². The number of carbonyl (C=O) groups excluding carboxylic acids is 1. The molecule has 0 spiro atoms. The molecule has 0 aliphatic carbocycles. The maximum Gasteiger partial charge on any atom is 0.243 e. The highest BCUT2D eigenvalue weighted by Crippen LogP contribution is 2.30. The number of rotatable bonds is 8. The molecule has 1 aliphatic heterocycles. The van der Waals surface area contributed by atoms with E-state index in [1.54, 1.807) is 26.4 Å². The zero-order valence-corrected chi connectivity index (χ0v) is 19.8. The Morgan fingerprint density at radius 1 is 1.06 bits per heavy atom. The van der Waals surface area contributed by atoms with Crippen LogP contribution >= 0.6 is 11.6 Å². The molecule has 1 saturated heterocycles. The van der Waals surface area contributed by atoms with Crippen molar-refractivity contribution < 1.29 is 27.4 Å². The van der Waals surface area contributed by atoms with Gasteiger partial charge in [0.2, 0.25) is 15.9 Å². The van der Waals surface area contributed by atoms with E-state index in [9.17, 15) is 13.2 Å². The number of amides is 1. The summed E-state index contributed by atoms with van der Waals surface area (Å²) in [5, 5.41) is 3.12. The van der Waals surface area contributed by atoms with Crippen molar-refractivity contribution in [3.05, 3.63) is 47.0 Å². The highest BCUT2D eigenvalue weighted by Gasteiger charge is 2.33. The summed E-state index contributed by atoms with van der Waals surface area (Å²) < 4.78 is 43.1. The normalized spacial score (nSPS) is 16.9. The Morgan fingerprint density at radius 2 is 1.75 bits per heavy atom. The predicted octanol–water partition coefficient (Wildman–Crippen LogP) is 3.08. The van der Waals surface area contributed by atoms with E-state index in [1.165, 1.54) is 29.6 Å². The minimum atomic E-state index is -3.78. The lowest BCUT2D eigenvalue weighted by atomic mass is 9.98. The molecule has 32 heavy (non-hydrogen) atoms. The standard InChI is InChI=1S/C22H27ClN2O6S/c1-29-19-9-7-17(12-18(19)23)32(27,28)25-10-4-5-16(14-25)22(26)24-13-15-6-8-20(30-2)21(11-15)31-3/h6-9,11-12,16H,4-5,10,13-14H2,1-3H3,(H,24,26)/t16-/m0/s1. The average Bonchev–Trinajstić information content (AvgIpc) is 2.82. The van der Waals surface area contributed by atoms with Gasteiger partial charge in [-0.1, -0.05) is 17.7 Å². The SMILES string of the molecule is COc1ccc(S(=O)(=O)N2CCC[C@H](C(=O)NCc3ccc(OC)c(OC)c3)C2)cc1Cl. The summed E-state index contributed by atoms with van der Waals surface area (Å²) in [6, 6.07) is 9.76. The van der Waals surface area contributed by atoms with E-state index in [0.717, 1.165) is 5.56 Å². The maximum absolute atomic E-state index is 13.1. The minimum absolute atomic E-state index is 0.0784. The Morgan fingerprint density at radius 3 is 2.41 bits per heavy atom. The van der Waals surface area contributed by atoms with E-state index in [2.05, 4.69) is 5.32 Å². The lowest BCUT2D eigenvalue weighted by molar-refractivity contribution is -0.126. The van der Waals surface area contributed by atoms with Gasteiger partial charge in [0.15, 0.2) is 11.5 Å². The summed E-state index contributed by atoms with van der Waals surface area (Å²) in [6.45, 7) is 0.770. The van der Waals surface area contributed by atoms with Gasteiger partial charge in [0.1, 0.15) is 5.75 Å². The fourth-order valence-electron chi connectivity index (χ4n) is 3.66. The smallest absolute Gasteiger partial charge is 0.243 e. The van der Waals surface area contributed by atoms with Crippen molar-refractivity contribution in [1.82, 2.24) is 9.62 Å². The number of halogens is 1. The molecule has 2 aromatic rings. The molecule has 0 radical (unpaired) electrons. The molecule has 1 amide bonds. The maximum atomic E-state index is 13.1. The summed E-state index contributed by atoms with van der Waals surface area (Å²) in [6.07, 6.45) is 1.21. The molecule has 1 fully saturated rings. The largest absolute Gasteiger partial charge is 0.495 e. The van der Waals surface area contributed by atoms with Gasteiger partial charge in [-0.3, -0.25) is 4.79 Å². The van der Waals surface area contributed by atoms with Crippen LogP contribution in [0.4, 0.5) is 0 Å². The summed E-state index contributed by atoms with van der Waals surface area (Å²) in [5.41, 5.74) is 0.851. The first-order chi connectivity index (χ1) is 15.3. The van der Waals surface area contributed by atoms with Crippen LogP contribution in [0.1, 0.15) is 18.4 Å². The van der Waals surface area contributed by atoms with E-state index in [-0.39, 0.29) is 22.4 Å². The van der Waals surface area contributed by atoms with Gasteiger partial charge in [0.25, 0.3) is 0 Å². The molecular formula is C22H27ClN2O6S. The summed E-state index contributed by atoms with van der Waals surface area (Å²) in [5.74, 6) is 0.957. The number of benzene rings is 2. The molecule has 1 atom stereocenters. The van der Waals surface area contributed by atoms with Crippen LogP contribution in [0.5, 0.6) is 17.2 Å². The Bertz CT molecular complexity index is 1080. The Hall–Kier alpha value is -2.49. The lowest BCUT2D eigenvalue weighted by Crippen LogP contribution is -2.45. The molecule has 8 nitrogen and oxygen atoms in total. The van der Waals surface area contributed by atoms with E-state index in [0.29, 0.717) is 43.2 Å². The molecule has 1 aliphatic rings. The number of piperidine rings is 1. The molecule has 0 aromatic heterocycles. The zero-order chi connectivity index (χ0) is 23.3. The van der Waals surface area contributed by atoms with Crippen LogP contribution in [-0.4, -0.2) is 53.0 Å². The van der Waals surface area contributed by atoms with E-state index in [4.69, 9.17) is 25.8 Å². The van der Waals surface area contributed by atoms with E-state index >= 15 is 0 Å². The Balaban J connectivity index is 1.66. The highest BCUT2D eigenvalue weighted by molar-refractivity contribution is 7.89. The van der Waals surface area contributed by atoms with Crippen LogP contribution in [0.15, 0.2) is 41.3 Å². The van der Waals surface area contributed by atoms with Gasteiger partial charge in [-0.2, -0.15) is 4.31 Å². The monoisotopic (exact) mass is 482 g/mol. The second-order valence-corrected chi connectivity index (χ2v) is 9.75. The van der Waals surface area contributed by atoms with Crippen molar-refractivity contribution in [2.75, 3.05) is 34.4 Å². The Kier molecular flexibility index (Phi) is 7.86. The van der Waals surface area contributed by atoms with Crippen molar-refractivity contribution in [2.45, 2.75) is 24.3 Å². The van der Waals surface area contributed by atoms with Gasteiger partial charge in [0.05, 0.1) is 37.2 Å². The molecule has 10 heteroatoms. The molecule has 0 unspecified atom stereocenters. The van der Waals surface area contributed by atoms with Crippen LogP contribution in [0.25, 0.3) is 0 Å². The van der Waals surface area contributed by atoms with Gasteiger partial charge in [0, 0.05) is 19.6 Å². The zero-order valence-electron chi connectivity index (χ0n) is 18.3. The number of hydrogen-bond acceptors (Lipinski definition) is 6. The fourth-order valence-corrected chi connectivity index (χ4v) is 5.53. The predicted molar refractivity (Wildman–Crippen MR) is 121 cm³/mol. The second-order valence-electron chi connectivity index (χ2n) is 7.41. The number of methoxy groups -OCH3 is 3. The van der Waals surface area contributed by atoms with Gasteiger partial charge >= 0.3 is 0 Å². The van der Waals surface area contributed by atoms with Crippen LogP contribution in [0, 0.1) is 5.92 Å². The van der Waals surface area contributed by atoms with E-state index < -0.39 is 15.9 Å². The van der Waals surface area contributed by atoms with Crippen molar-refractivity contribution in [3.8, 4) is 17.2 Å². The lowest BCUT2D eigenvalue weighted by Gasteiger charge is -2.31. The fraction of sp³-hybridized carbons (Fsp3) is 0.409. The molecule has 1 heterocycles. The van der Waals surface area contributed by atoms with Crippen LogP contribution in [0.2, 0.25) is 5.02 Å². The third kappa shape index (κ3) is 5.28. The summed E-state index contributed by atoms with van der Waals surface area (Å²) >= 11 is 6.10. The topological polar surface area (TPSA) is 94.2 Å². The number of nitrogens with one attached hydrogen (secondary N) is 1. The second kappa shape index (κ2) is 10.4. The van der Waals surface area contributed by atoms with Crippen molar-refractivity contribution >= 4 is 27.5 Å². The first kappa shape index (κ1) is 24.2. The number of sulfonamides is 1. The van der Waals surface area contributed by atoms with Crippen molar-refractivity contribution in [3.63, 3.8) is 0 Å². The number of carbonyl (C=O) groups is 1. The third-order valence-electron chi connectivity index (χ3n) is 5.43. The minimum Gasteiger partial charge on any atom is -0.495 e. The summed E-state index contributed by atoms with van der Waals surface area (Å²) in [7, 11) is 0.793. The van der Waals surface area contributed by atoms with Gasteiger partial charge < -0.3 is 19.5 Å². The molecule has 2 aromatic carbocycles. The quantitative estimate of drug-likeness (QED) is 0.621. The van der Waals surface area contributed by atoms with Gasteiger partial charge in [-0.05, 0) is 48.7 Å². The molecule has 1 N–H and O–H groups in total. The first-order valence-electron chi connectivity index (χ1n) is 10.1. The van der Waals surface area contributed by atoms with E-state index in [1.807, 2.05) is 6.07 Å². The molecule has 0 bridgehead atoms. The Labute approximate surface area is 193 Å². The van der Waals surface area contributed by atoms with Crippen molar-refractivity contribution in [1.29, 1.82) is 0 Å². The number of nitrogens with zero attached hydrogens (tertiary/aromatic N) is 1. The van der Waals surface area contributed by atoms with Crippen LogP contribution in [-0.2, 0) is 21.4 Å². The molecule has 174 valence electrons. The average molecular weight is 483 g/mol. The van der Waals surface area contributed by atoms with Crippen LogP contribution in [0.3, 0.4) is 0 Å². The third-order valence-corrected chi connectivity index (χ3v) is 7.59. The molecular weight excluding hydrogens is 456 g/mol.